The zero-order chi connectivity index (χ0) is 13.9. The molecule has 0 unspecified atom stereocenters. The van der Waals surface area contributed by atoms with Crippen LogP contribution in [0, 0.1) is 0 Å². The summed E-state index contributed by atoms with van der Waals surface area (Å²) in [5.41, 5.74) is 2.23. The van der Waals surface area contributed by atoms with Crippen molar-refractivity contribution in [3.05, 3.63) is 28.0 Å². The molecule has 0 aliphatic carbocycles. The van der Waals surface area contributed by atoms with Crippen LogP contribution >= 0.6 is 22.9 Å². The number of halogens is 1. The Morgan fingerprint density at radius 1 is 1.37 bits per heavy atom. The lowest BCUT2D eigenvalue weighted by atomic mass is 9.93. The van der Waals surface area contributed by atoms with E-state index in [1.165, 1.54) is 0 Å². The molecule has 0 amide bonds. The van der Waals surface area contributed by atoms with E-state index in [0.29, 0.717) is 12.4 Å². The van der Waals surface area contributed by atoms with Crippen LogP contribution in [0.25, 0.3) is 0 Å². The Kier molecular flexibility index (Phi) is 4.58. The third-order valence-electron chi connectivity index (χ3n) is 2.77. The highest BCUT2D eigenvalue weighted by Crippen LogP contribution is 2.24. The van der Waals surface area contributed by atoms with E-state index in [0.717, 1.165) is 29.2 Å². The molecule has 2 rings (SSSR count). The highest BCUT2D eigenvalue weighted by molar-refractivity contribution is 7.09. The van der Waals surface area contributed by atoms with Crippen LogP contribution in [0.5, 0.6) is 0 Å². The monoisotopic (exact) mass is 298 g/mol. The molecule has 0 radical (unpaired) electrons. The SMILES string of the molecule is CC(C)(C)c1csc(Cn2cc(CCCCl)nn2)n1. The molecule has 2 aromatic heterocycles. The fourth-order valence-corrected chi connectivity index (χ4v) is 2.79. The predicted octanol–water partition coefficient (Wildman–Crippen LogP) is 3.25. The number of thiazole rings is 1. The number of aromatic nitrogens is 4. The summed E-state index contributed by atoms with van der Waals surface area (Å²) in [6, 6.07) is 0. The van der Waals surface area contributed by atoms with E-state index < -0.39 is 0 Å². The Bertz CT molecular complexity index is 527. The van der Waals surface area contributed by atoms with Crippen molar-refractivity contribution in [1.29, 1.82) is 0 Å². The number of hydrogen-bond acceptors (Lipinski definition) is 4. The van der Waals surface area contributed by atoms with Crippen molar-refractivity contribution in [2.24, 2.45) is 0 Å². The molecule has 0 aliphatic rings. The van der Waals surface area contributed by atoms with Gasteiger partial charge in [0.15, 0.2) is 0 Å². The van der Waals surface area contributed by atoms with Crippen LogP contribution in [0.15, 0.2) is 11.6 Å². The number of rotatable bonds is 5. The fraction of sp³-hybridized carbons (Fsp3) is 0.615. The molecule has 0 saturated carbocycles. The Morgan fingerprint density at radius 2 is 2.16 bits per heavy atom. The molecule has 0 atom stereocenters. The van der Waals surface area contributed by atoms with Gasteiger partial charge in [-0.05, 0) is 12.8 Å². The van der Waals surface area contributed by atoms with Gasteiger partial charge >= 0.3 is 0 Å². The van der Waals surface area contributed by atoms with Crippen molar-refractivity contribution < 1.29 is 0 Å². The van der Waals surface area contributed by atoms with Crippen LogP contribution in [0.4, 0.5) is 0 Å². The topological polar surface area (TPSA) is 43.6 Å². The van der Waals surface area contributed by atoms with Crippen molar-refractivity contribution in [3.8, 4) is 0 Å². The van der Waals surface area contributed by atoms with Crippen molar-refractivity contribution in [2.45, 2.75) is 45.6 Å². The molecular formula is C13H19ClN4S. The van der Waals surface area contributed by atoms with Gasteiger partial charge < -0.3 is 0 Å². The van der Waals surface area contributed by atoms with Gasteiger partial charge in [-0.15, -0.1) is 28.0 Å². The van der Waals surface area contributed by atoms with E-state index in [4.69, 9.17) is 11.6 Å². The van der Waals surface area contributed by atoms with Crippen LogP contribution in [-0.2, 0) is 18.4 Å². The van der Waals surface area contributed by atoms with Crippen LogP contribution in [-0.4, -0.2) is 25.9 Å². The van der Waals surface area contributed by atoms with Crippen LogP contribution in [0.3, 0.4) is 0 Å². The minimum atomic E-state index is 0.0998. The molecule has 0 aliphatic heterocycles. The zero-order valence-electron chi connectivity index (χ0n) is 11.6. The summed E-state index contributed by atoms with van der Waals surface area (Å²) < 4.78 is 1.84. The summed E-state index contributed by atoms with van der Waals surface area (Å²) in [7, 11) is 0. The lowest BCUT2D eigenvalue weighted by Gasteiger charge is -2.14. The predicted molar refractivity (Wildman–Crippen MR) is 79.0 cm³/mol. The fourth-order valence-electron chi connectivity index (χ4n) is 1.64. The molecule has 0 aromatic carbocycles. The number of aryl methyl sites for hydroxylation is 1. The van der Waals surface area contributed by atoms with Gasteiger partial charge in [-0.1, -0.05) is 26.0 Å². The molecule has 4 nitrogen and oxygen atoms in total. The number of hydrogen-bond donors (Lipinski definition) is 0. The Balaban J connectivity index is 2.01. The van der Waals surface area contributed by atoms with Crippen molar-refractivity contribution >= 4 is 22.9 Å². The van der Waals surface area contributed by atoms with E-state index in [9.17, 15) is 0 Å². The third kappa shape index (κ3) is 4.01. The Labute approximate surface area is 122 Å². The largest absolute Gasteiger partial charge is 0.245 e. The highest BCUT2D eigenvalue weighted by Gasteiger charge is 2.17. The average molecular weight is 299 g/mol. The van der Waals surface area contributed by atoms with Gasteiger partial charge in [-0.25, -0.2) is 9.67 Å². The molecular weight excluding hydrogens is 280 g/mol. The van der Waals surface area contributed by atoms with Gasteiger partial charge in [0.1, 0.15) is 5.01 Å². The summed E-state index contributed by atoms with van der Waals surface area (Å²) in [4.78, 5) is 4.66. The number of nitrogens with zero attached hydrogens (tertiary/aromatic N) is 4. The van der Waals surface area contributed by atoms with Crippen molar-refractivity contribution in [1.82, 2.24) is 20.0 Å². The zero-order valence-corrected chi connectivity index (χ0v) is 13.1. The standard InChI is InChI=1S/C13H19ClN4S/c1-13(2,3)11-9-19-12(15-11)8-18-7-10(16-17-18)5-4-6-14/h7,9H,4-6,8H2,1-3H3. The molecule has 0 bridgehead atoms. The van der Waals surface area contributed by atoms with Crippen LogP contribution < -0.4 is 0 Å². The minimum Gasteiger partial charge on any atom is -0.245 e. The summed E-state index contributed by atoms with van der Waals surface area (Å²) in [5, 5.41) is 11.5. The normalized spacial score (nSPS) is 12.0. The first-order valence-corrected chi connectivity index (χ1v) is 7.80. The van der Waals surface area contributed by atoms with Gasteiger partial charge in [0, 0.05) is 22.9 Å². The Morgan fingerprint density at radius 3 is 2.79 bits per heavy atom. The number of alkyl halides is 1. The lowest BCUT2D eigenvalue weighted by Crippen LogP contribution is -2.12. The second-order valence-electron chi connectivity index (χ2n) is 5.58. The molecule has 0 N–H and O–H groups in total. The van der Waals surface area contributed by atoms with Gasteiger partial charge in [-0.3, -0.25) is 0 Å². The highest BCUT2D eigenvalue weighted by atomic mass is 35.5. The minimum absolute atomic E-state index is 0.0998. The van der Waals surface area contributed by atoms with Gasteiger partial charge in [0.25, 0.3) is 0 Å². The smallest absolute Gasteiger partial charge is 0.114 e. The first-order chi connectivity index (χ1) is 8.99. The maximum Gasteiger partial charge on any atom is 0.114 e. The van der Waals surface area contributed by atoms with Gasteiger partial charge in [0.05, 0.1) is 17.9 Å². The molecule has 0 saturated heterocycles. The van der Waals surface area contributed by atoms with Crippen molar-refractivity contribution in [2.75, 3.05) is 5.88 Å². The molecule has 19 heavy (non-hydrogen) atoms. The summed E-state index contributed by atoms with van der Waals surface area (Å²) in [5.74, 6) is 0.661. The molecule has 2 aromatic rings. The second-order valence-corrected chi connectivity index (χ2v) is 6.90. The lowest BCUT2D eigenvalue weighted by molar-refractivity contribution is 0.566. The average Bonchev–Trinajstić information content (AvgIpc) is 2.95. The van der Waals surface area contributed by atoms with E-state index in [1.807, 2.05) is 10.9 Å². The molecule has 2 heterocycles. The first kappa shape index (κ1) is 14.5. The molecule has 104 valence electrons. The van der Waals surface area contributed by atoms with Crippen LogP contribution in [0.1, 0.15) is 43.6 Å². The second kappa shape index (κ2) is 6.01. The van der Waals surface area contributed by atoms with E-state index >= 15 is 0 Å². The molecule has 6 heteroatoms. The van der Waals surface area contributed by atoms with Gasteiger partial charge in [-0.2, -0.15) is 0 Å². The van der Waals surface area contributed by atoms with Crippen molar-refractivity contribution in [3.63, 3.8) is 0 Å². The van der Waals surface area contributed by atoms with E-state index in [-0.39, 0.29) is 5.41 Å². The molecule has 0 spiro atoms. The Hall–Kier alpha value is -0.940. The van der Waals surface area contributed by atoms with Crippen LogP contribution in [0.2, 0.25) is 0 Å². The quantitative estimate of drug-likeness (QED) is 0.796. The summed E-state index contributed by atoms with van der Waals surface area (Å²) >= 11 is 7.35. The first-order valence-electron chi connectivity index (χ1n) is 6.39. The third-order valence-corrected chi connectivity index (χ3v) is 3.87. The van der Waals surface area contributed by atoms with E-state index in [2.05, 4.69) is 41.4 Å². The summed E-state index contributed by atoms with van der Waals surface area (Å²) in [6.45, 7) is 7.21. The van der Waals surface area contributed by atoms with Gasteiger partial charge in [0.2, 0.25) is 0 Å². The maximum absolute atomic E-state index is 5.67. The molecule has 0 fully saturated rings. The van der Waals surface area contributed by atoms with E-state index in [1.54, 1.807) is 11.3 Å². The summed E-state index contributed by atoms with van der Waals surface area (Å²) in [6.07, 6.45) is 3.80. The maximum atomic E-state index is 5.67.